The van der Waals surface area contributed by atoms with Crippen LogP contribution in [-0.2, 0) is 16.1 Å². The molecule has 1 atom stereocenters. The molecular formula is C21H22Cl2N2O4S. The van der Waals surface area contributed by atoms with Gasteiger partial charge in [0.25, 0.3) is 0 Å². The number of halogens is 2. The molecule has 2 aromatic rings. The highest BCUT2D eigenvalue weighted by molar-refractivity contribution is 8.00. The molecule has 0 bridgehead atoms. The van der Waals surface area contributed by atoms with Gasteiger partial charge in [0.15, 0.2) is 0 Å². The predicted octanol–water partition coefficient (Wildman–Crippen LogP) is 3.80. The second-order valence-electron chi connectivity index (χ2n) is 6.90. The third kappa shape index (κ3) is 6.89. The summed E-state index contributed by atoms with van der Waals surface area (Å²) in [5.74, 6) is -0.893. The predicted molar refractivity (Wildman–Crippen MR) is 119 cm³/mol. The van der Waals surface area contributed by atoms with Gasteiger partial charge in [-0.05, 0) is 35.9 Å². The van der Waals surface area contributed by atoms with Crippen LogP contribution in [0.3, 0.4) is 0 Å². The molecule has 0 aliphatic carbocycles. The van der Waals surface area contributed by atoms with Crippen LogP contribution >= 0.6 is 35.0 Å². The minimum atomic E-state index is -0.984. The molecule has 1 amide bonds. The van der Waals surface area contributed by atoms with E-state index in [-0.39, 0.29) is 23.3 Å². The Balaban J connectivity index is 1.42. The van der Waals surface area contributed by atoms with Gasteiger partial charge in [0.2, 0.25) is 5.91 Å². The number of amides is 1. The molecule has 0 spiro atoms. The number of carbonyl (C=O) groups is 2. The van der Waals surface area contributed by atoms with Crippen molar-refractivity contribution in [3.8, 4) is 0 Å². The Morgan fingerprint density at radius 3 is 2.80 bits per heavy atom. The van der Waals surface area contributed by atoms with Crippen molar-refractivity contribution in [2.24, 2.45) is 0 Å². The van der Waals surface area contributed by atoms with Crippen LogP contribution in [0.25, 0.3) is 0 Å². The van der Waals surface area contributed by atoms with Crippen molar-refractivity contribution in [3.63, 3.8) is 0 Å². The van der Waals surface area contributed by atoms with Gasteiger partial charge in [-0.3, -0.25) is 9.69 Å². The van der Waals surface area contributed by atoms with Crippen LogP contribution in [0.4, 0.5) is 0 Å². The molecule has 0 saturated carbocycles. The van der Waals surface area contributed by atoms with Gasteiger partial charge in [0, 0.05) is 31.1 Å². The fourth-order valence-electron chi connectivity index (χ4n) is 3.09. The molecule has 9 heteroatoms. The van der Waals surface area contributed by atoms with E-state index in [1.807, 2.05) is 12.1 Å². The van der Waals surface area contributed by atoms with E-state index in [0.29, 0.717) is 29.7 Å². The molecule has 6 nitrogen and oxygen atoms in total. The van der Waals surface area contributed by atoms with Crippen LogP contribution in [0.15, 0.2) is 47.4 Å². The minimum Gasteiger partial charge on any atom is -0.478 e. The van der Waals surface area contributed by atoms with Crippen molar-refractivity contribution in [2.75, 3.05) is 32.0 Å². The first-order valence-electron chi connectivity index (χ1n) is 9.41. The van der Waals surface area contributed by atoms with Crippen LogP contribution in [0.1, 0.15) is 15.9 Å². The maximum absolute atomic E-state index is 12.2. The van der Waals surface area contributed by atoms with Gasteiger partial charge in [0.1, 0.15) is 0 Å². The molecule has 0 unspecified atom stereocenters. The molecule has 1 saturated heterocycles. The number of nitrogens with zero attached hydrogens (tertiary/aromatic N) is 1. The molecule has 2 N–H and O–H groups in total. The van der Waals surface area contributed by atoms with Gasteiger partial charge < -0.3 is 15.2 Å². The second-order valence-corrected chi connectivity index (χ2v) is 8.77. The highest BCUT2D eigenvalue weighted by Crippen LogP contribution is 2.23. The van der Waals surface area contributed by atoms with E-state index in [1.54, 1.807) is 24.3 Å². The quantitative estimate of drug-likeness (QED) is 0.573. The van der Waals surface area contributed by atoms with Crippen molar-refractivity contribution in [1.29, 1.82) is 0 Å². The molecule has 1 aliphatic heterocycles. The lowest BCUT2D eigenvalue weighted by Crippen LogP contribution is -2.47. The number of hydrogen-bond acceptors (Lipinski definition) is 5. The monoisotopic (exact) mass is 468 g/mol. The highest BCUT2D eigenvalue weighted by Gasteiger charge is 2.21. The maximum Gasteiger partial charge on any atom is 0.335 e. The number of morpholine rings is 1. The Bertz CT molecular complexity index is 912. The summed E-state index contributed by atoms with van der Waals surface area (Å²) < 4.78 is 5.77. The fraction of sp³-hybridized carbons (Fsp3) is 0.333. The lowest BCUT2D eigenvalue weighted by Gasteiger charge is -2.33. The first-order chi connectivity index (χ1) is 14.4. The summed E-state index contributed by atoms with van der Waals surface area (Å²) in [7, 11) is 0. The third-order valence-corrected chi connectivity index (χ3v) is 6.32. The average Bonchev–Trinajstić information content (AvgIpc) is 2.74. The van der Waals surface area contributed by atoms with Gasteiger partial charge in [-0.1, -0.05) is 35.3 Å². The number of benzene rings is 2. The summed E-state index contributed by atoms with van der Waals surface area (Å²) in [6, 6.07) is 12.2. The van der Waals surface area contributed by atoms with Crippen LogP contribution < -0.4 is 5.32 Å². The van der Waals surface area contributed by atoms with Crippen molar-refractivity contribution in [1.82, 2.24) is 10.2 Å². The fourth-order valence-corrected chi connectivity index (χ4v) is 4.20. The van der Waals surface area contributed by atoms with Crippen LogP contribution in [0, 0.1) is 0 Å². The second kappa shape index (κ2) is 11.0. The summed E-state index contributed by atoms with van der Waals surface area (Å²) in [4.78, 5) is 26.2. The number of carboxylic acids is 1. The van der Waals surface area contributed by atoms with Gasteiger partial charge in [-0.15, -0.1) is 11.8 Å². The van der Waals surface area contributed by atoms with Crippen LogP contribution in [-0.4, -0.2) is 60.0 Å². The maximum atomic E-state index is 12.2. The van der Waals surface area contributed by atoms with E-state index in [2.05, 4.69) is 10.2 Å². The molecule has 160 valence electrons. The molecule has 0 aromatic heterocycles. The number of ether oxygens (including phenoxy) is 1. The zero-order valence-corrected chi connectivity index (χ0v) is 18.5. The lowest BCUT2D eigenvalue weighted by atomic mass is 10.2. The van der Waals surface area contributed by atoms with Gasteiger partial charge in [-0.2, -0.15) is 0 Å². The first-order valence-corrected chi connectivity index (χ1v) is 11.2. The lowest BCUT2D eigenvalue weighted by molar-refractivity contribution is -0.119. The summed E-state index contributed by atoms with van der Waals surface area (Å²) in [5, 5.41) is 13.0. The van der Waals surface area contributed by atoms with E-state index in [0.717, 1.165) is 23.5 Å². The Morgan fingerprint density at radius 1 is 1.20 bits per heavy atom. The highest BCUT2D eigenvalue weighted by atomic mass is 35.5. The van der Waals surface area contributed by atoms with Crippen molar-refractivity contribution >= 4 is 46.8 Å². The third-order valence-electron chi connectivity index (χ3n) is 4.59. The van der Waals surface area contributed by atoms with Crippen LogP contribution in [0.2, 0.25) is 10.0 Å². The first kappa shape index (κ1) is 22.9. The molecular weight excluding hydrogens is 447 g/mol. The zero-order chi connectivity index (χ0) is 21.5. The molecule has 2 aromatic carbocycles. The van der Waals surface area contributed by atoms with E-state index < -0.39 is 5.97 Å². The molecule has 30 heavy (non-hydrogen) atoms. The Labute approximate surface area is 189 Å². The number of carboxylic acid groups (broad SMARTS) is 1. The summed E-state index contributed by atoms with van der Waals surface area (Å²) in [6.07, 6.45) is -0.0918. The number of aromatic carboxylic acids is 1. The van der Waals surface area contributed by atoms with Crippen molar-refractivity contribution in [3.05, 3.63) is 63.6 Å². The number of carbonyl (C=O) groups excluding carboxylic acids is 1. The molecule has 1 heterocycles. The number of rotatable bonds is 8. The smallest absolute Gasteiger partial charge is 0.335 e. The Morgan fingerprint density at radius 2 is 2.03 bits per heavy atom. The van der Waals surface area contributed by atoms with Gasteiger partial charge >= 0.3 is 5.97 Å². The number of nitrogens with one attached hydrogen (secondary N) is 1. The molecule has 1 fully saturated rings. The van der Waals surface area contributed by atoms with Crippen molar-refractivity contribution in [2.45, 2.75) is 17.5 Å². The van der Waals surface area contributed by atoms with Gasteiger partial charge in [-0.25, -0.2) is 4.79 Å². The van der Waals surface area contributed by atoms with Crippen molar-refractivity contribution < 1.29 is 19.4 Å². The Hall–Kier alpha value is -1.77. The minimum absolute atomic E-state index is 0.0918. The van der Waals surface area contributed by atoms with E-state index in [1.165, 1.54) is 17.8 Å². The SMILES string of the molecule is O=C(CSc1cccc(C(=O)O)c1)NC[C@H]1CN(Cc2ccc(Cl)c(Cl)c2)CCO1. The number of thioether (sulfide) groups is 1. The summed E-state index contributed by atoms with van der Waals surface area (Å²) >= 11 is 13.4. The number of hydrogen-bond donors (Lipinski definition) is 2. The molecule has 1 aliphatic rings. The molecule has 3 rings (SSSR count). The van der Waals surface area contributed by atoms with E-state index >= 15 is 0 Å². The van der Waals surface area contributed by atoms with E-state index in [9.17, 15) is 9.59 Å². The summed E-state index contributed by atoms with van der Waals surface area (Å²) in [5.41, 5.74) is 1.28. The molecule has 0 radical (unpaired) electrons. The Kier molecular flexibility index (Phi) is 8.41. The van der Waals surface area contributed by atoms with Crippen LogP contribution in [0.5, 0.6) is 0 Å². The van der Waals surface area contributed by atoms with Gasteiger partial charge in [0.05, 0.1) is 34.1 Å². The average molecular weight is 469 g/mol. The normalized spacial score (nSPS) is 16.9. The van der Waals surface area contributed by atoms with E-state index in [4.69, 9.17) is 33.0 Å². The zero-order valence-electron chi connectivity index (χ0n) is 16.1. The topological polar surface area (TPSA) is 78.9 Å². The largest absolute Gasteiger partial charge is 0.478 e. The standard InChI is InChI=1S/C21H22Cl2N2O4S/c22-18-5-4-14(8-19(18)23)11-25-6-7-29-16(12-25)10-24-20(26)13-30-17-3-1-2-15(9-17)21(27)28/h1-5,8-9,16H,6-7,10-13H2,(H,24,26)(H,27,28)/t16-/m0/s1. The summed E-state index contributed by atoms with van der Waals surface area (Å²) in [6.45, 7) is 3.26.